The molecule has 0 aliphatic carbocycles. The van der Waals surface area contributed by atoms with Crippen molar-refractivity contribution in [1.82, 2.24) is 5.32 Å². The van der Waals surface area contributed by atoms with Gasteiger partial charge < -0.3 is 14.8 Å². The lowest BCUT2D eigenvalue weighted by molar-refractivity contribution is -0.253. The molecule has 1 atom stereocenters. The summed E-state index contributed by atoms with van der Waals surface area (Å²) in [4.78, 5) is 0. The van der Waals surface area contributed by atoms with Crippen LogP contribution in [0.25, 0.3) is 0 Å². The van der Waals surface area contributed by atoms with E-state index in [1.807, 2.05) is 32.0 Å². The van der Waals surface area contributed by atoms with Crippen molar-refractivity contribution in [3.63, 3.8) is 0 Å². The van der Waals surface area contributed by atoms with E-state index in [2.05, 4.69) is 18.3 Å². The van der Waals surface area contributed by atoms with Gasteiger partial charge in [-0.2, -0.15) is 0 Å². The lowest BCUT2D eigenvalue weighted by atomic mass is 10.1. The van der Waals surface area contributed by atoms with Gasteiger partial charge in [0.2, 0.25) is 0 Å². The molecule has 2 rings (SSSR count). The van der Waals surface area contributed by atoms with E-state index in [9.17, 15) is 0 Å². The van der Waals surface area contributed by atoms with Crippen molar-refractivity contribution in [1.29, 1.82) is 0 Å². The number of nitrogens with one attached hydrogen (secondary N) is 1. The van der Waals surface area contributed by atoms with Crippen LogP contribution < -0.4 is 5.32 Å². The average molecular weight is 270 g/mol. The summed E-state index contributed by atoms with van der Waals surface area (Å²) in [6.45, 7) is 7.31. The zero-order chi connectivity index (χ0) is 13.2. The Balaban J connectivity index is 1.90. The Morgan fingerprint density at radius 2 is 2.00 bits per heavy atom. The lowest BCUT2D eigenvalue weighted by Crippen LogP contribution is -2.49. The van der Waals surface area contributed by atoms with Gasteiger partial charge in [-0.1, -0.05) is 23.7 Å². The first kappa shape index (κ1) is 13.8. The lowest BCUT2D eigenvalue weighted by Gasteiger charge is -2.36. The Bertz CT molecular complexity index is 399. The fraction of sp³-hybridized carbons (Fsp3) is 0.571. The zero-order valence-electron chi connectivity index (χ0n) is 11.1. The van der Waals surface area contributed by atoms with Crippen LogP contribution >= 0.6 is 11.6 Å². The van der Waals surface area contributed by atoms with Crippen LogP contribution in [-0.4, -0.2) is 25.0 Å². The van der Waals surface area contributed by atoms with E-state index in [1.165, 1.54) is 5.56 Å². The van der Waals surface area contributed by atoms with Gasteiger partial charge in [0.1, 0.15) is 0 Å². The Morgan fingerprint density at radius 1 is 1.33 bits per heavy atom. The van der Waals surface area contributed by atoms with Gasteiger partial charge >= 0.3 is 0 Å². The Hall–Kier alpha value is -0.610. The minimum Gasteiger partial charge on any atom is -0.349 e. The summed E-state index contributed by atoms with van der Waals surface area (Å²) in [6.07, 6.45) is 0. The third kappa shape index (κ3) is 3.69. The maximum absolute atomic E-state index is 5.99. The van der Waals surface area contributed by atoms with Crippen LogP contribution in [0.15, 0.2) is 24.3 Å². The maximum atomic E-state index is 5.99. The van der Waals surface area contributed by atoms with E-state index in [-0.39, 0.29) is 12.1 Å². The highest BCUT2D eigenvalue weighted by Crippen LogP contribution is 2.21. The van der Waals surface area contributed by atoms with Crippen molar-refractivity contribution in [3.05, 3.63) is 34.9 Å². The van der Waals surface area contributed by atoms with Crippen molar-refractivity contribution in [2.75, 3.05) is 13.2 Å². The standard InChI is InChI=1S/C14H20ClNO2/c1-10(11-5-4-6-12(15)7-11)16-13-8-17-14(2,3)18-9-13/h4-7,10,13,16H,8-9H2,1-3H3/t10-/m1/s1. The van der Waals surface area contributed by atoms with Crippen LogP contribution in [0.3, 0.4) is 0 Å². The normalized spacial score (nSPS) is 21.8. The molecule has 1 heterocycles. The van der Waals surface area contributed by atoms with Crippen LogP contribution in [0.5, 0.6) is 0 Å². The highest BCUT2D eigenvalue weighted by molar-refractivity contribution is 6.30. The van der Waals surface area contributed by atoms with E-state index in [1.54, 1.807) is 0 Å². The van der Waals surface area contributed by atoms with Gasteiger partial charge in [-0.25, -0.2) is 0 Å². The number of halogens is 1. The summed E-state index contributed by atoms with van der Waals surface area (Å²) < 4.78 is 11.3. The molecule has 4 heteroatoms. The molecular weight excluding hydrogens is 250 g/mol. The predicted molar refractivity (Wildman–Crippen MR) is 72.8 cm³/mol. The number of rotatable bonds is 3. The van der Waals surface area contributed by atoms with Gasteiger partial charge in [-0.15, -0.1) is 0 Å². The first-order valence-corrected chi connectivity index (χ1v) is 6.63. The molecule has 1 aliphatic heterocycles. The molecule has 0 amide bonds. The smallest absolute Gasteiger partial charge is 0.162 e. The summed E-state index contributed by atoms with van der Waals surface area (Å²) in [5, 5.41) is 4.25. The molecule has 1 fully saturated rings. The molecule has 0 radical (unpaired) electrons. The SMILES string of the molecule is C[C@@H](NC1COC(C)(C)OC1)c1cccc(Cl)c1. The summed E-state index contributed by atoms with van der Waals surface area (Å²) >= 11 is 5.99. The van der Waals surface area contributed by atoms with Crippen LogP contribution in [0.2, 0.25) is 5.02 Å². The minimum absolute atomic E-state index is 0.215. The molecule has 0 bridgehead atoms. The van der Waals surface area contributed by atoms with Crippen LogP contribution in [0.1, 0.15) is 32.4 Å². The molecule has 0 saturated carbocycles. The van der Waals surface area contributed by atoms with E-state index < -0.39 is 5.79 Å². The van der Waals surface area contributed by atoms with Crippen LogP contribution in [-0.2, 0) is 9.47 Å². The molecule has 1 aromatic carbocycles. The number of hydrogen-bond donors (Lipinski definition) is 1. The summed E-state index contributed by atoms with van der Waals surface area (Å²) in [6, 6.07) is 8.33. The second-order valence-corrected chi connectivity index (χ2v) is 5.60. The molecule has 0 unspecified atom stereocenters. The molecule has 1 aliphatic rings. The Kier molecular flexibility index (Phi) is 4.28. The Labute approximate surface area is 113 Å². The van der Waals surface area contributed by atoms with Gasteiger partial charge in [0, 0.05) is 11.1 Å². The maximum Gasteiger partial charge on any atom is 0.162 e. The average Bonchev–Trinajstić information content (AvgIpc) is 2.32. The van der Waals surface area contributed by atoms with Crippen molar-refractivity contribution in [2.45, 2.75) is 38.6 Å². The van der Waals surface area contributed by atoms with E-state index in [4.69, 9.17) is 21.1 Å². The van der Waals surface area contributed by atoms with E-state index >= 15 is 0 Å². The molecule has 0 spiro atoms. The first-order chi connectivity index (χ1) is 8.46. The van der Waals surface area contributed by atoms with Crippen LogP contribution in [0.4, 0.5) is 0 Å². The van der Waals surface area contributed by atoms with E-state index in [0.717, 1.165) is 5.02 Å². The second-order valence-electron chi connectivity index (χ2n) is 5.16. The minimum atomic E-state index is -0.461. The molecule has 1 N–H and O–H groups in total. The molecule has 1 saturated heterocycles. The fourth-order valence-corrected chi connectivity index (χ4v) is 2.21. The van der Waals surface area contributed by atoms with E-state index in [0.29, 0.717) is 13.2 Å². The molecule has 1 aromatic rings. The van der Waals surface area contributed by atoms with Gasteiger partial charge in [0.15, 0.2) is 5.79 Å². The third-order valence-electron chi connectivity index (χ3n) is 3.10. The molecule has 18 heavy (non-hydrogen) atoms. The molecule has 100 valence electrons. The first-order valence-electron chi connectivity index (χ1n) is 6.26. The van der Waals surface area contributed by atoms with Crippen molar-refractivity contribution < 1.29 is 9.47 Å². The van der Waals surface area contributed by atoms with Gasteiger partial charge in [0.05, 0.1) is 19.3 Å². The van der Waals surface area contributed by atoms with Gasteiger partial charge in [0.25, 0.3) is 0 Å². The monoisotopic (exact) mass is 269 g/mol. The number of ether oxygens (including phenoxy) is 2. The second kappa shape index (κ2) is 5.57. The van der Waals surface area contributed by atoms with Gasteiger partial charge in [-0.05, 0) is 38.5 Å². The highest BCUT2D eigenvalue weighted by Gasteiger charge is 2.28. The van der Waals surface area contributed by atoms with Crippen LogP contribution in [0, 0.1) is 0 Å². The largest absolute Gasteiger partial charge is 0.349 e. The van der Waals surface area contributed by atoms with Crippen molar-refractivity contribution in [3.8, 4) is 0 Å². The summed E-state index contributed by atoms with van der Waals surface area (Å²) in [7, 11) is 0. The highest BCUT2D eigenvalue weighted by atomic mass is 35.5. The molecular formula is C14H20ClNO2. The third-order valence-corrected chi connectivity index (χ3v) is 3.33. The Morgan fingerprint density at radius 3 is 2.61 bits per heavy atom. The quantitative estimate of drug-likeness (QED) is 0.914. The van der Waals surface area contributed by atoms with Gasteiger partial charge in [-0.3, -0.25) is 0 Å². The fourth-order valence-electron chi connectivity index (χ4n) is 2.01. The molecule has 0 aromatic heterocycles. The summed E-state index contributed by atoms with van der Waals surface area (Å²) in [5.41, 5.74) is 1.17. The number of benzene rings is 1. The van der Waals surface area contributed by atoms with Crippen molar-refractivity contribution in [2.24, 2.45) is 0 Å². The zero-order valence-corrected chi connectivity index (χ0v) is 11.8. The molecule has 3 nitrogen and oxygen atoms in total. The predicted octanol–water partition coefficient (Wildman–Crippen LogP) is 3.14. The van der Waals surface area contributed by atoms with Crippen molar-refractivity contribution >= 4 is 11.6 Å². The number of hydrogen-bond acceptors (Lipinski definition) is 3. The summed E-state index contributed by atoms with van der Waals surface area (Å²) in [5.74, 6) is -0.461. The topological polar surface area (TPSA) is 30.5 Å².